The summed E-state index contributed by atoms with van der Waals surface area (Å²) in [5, 5.41) is 10.4. The Hall–Kier alpha value is -1.66. The molecule has 3 rings (SSSR count). The molecule has 24 heavy (non-hydrogen) atoms. The second-order valence-electron chi connectivity index (χ2n) is 6.40. The number of hydrogen-bond donors (Lipinski definition) is 0. The number of halogens is 1. The van der Waals surface area contributed by atoms with Crippen LogP contribution in [0.25, 0.3) is 0 Å². The third-order valence-corrected chi connectivity index (χ3v) is 6.85. The molecule has 0 N–H and O–H groups in total. The molecule has 2 aromatic carbocycles. The first kappa shape index (κ1) is 17.2. The molecule has 0 saturated heterocycles. The normalized spacial score (nSPS) is 19.3. The van der Waals surface area contributed by atoms with E-state index in [4.69, 9.17) is 10.00 Å². The molecule has 0 unspecified atom stereocenters. The predicted molar refractivity (Wildman–Crippen MR) is 94.6 cm³/mol. The number of fused-ring (bicyclic) bond motifs is 1. The van der Waals surface area contributed by atoms with Crippen LogP contribution in [0.1, 0.15) is 35.1 Å². The Bertz CT molecular complexity index is 766. The van der Waals surface area contributed by atoms with Crippen LogP contribution in [0.4, 0.5) is 4.39 Å². The molecule has 4 heteroatoms. The number of hydrogen-bond acceptors (Lipinski definition) is 2. The van der Waals surface area contributed by atoms with Crippen molar-refractivity contribution in [1.82, 2.24) is 0 Å². The summed E-state index contributed by atoms with van der Waals surface area (Å²) in [6, 6.07) is 14.6. The second-order valence-corrected chi connectivity index (χ2v) is 11.4. The zero-order valence-electron chi connectivity index (χ0n) is 14.0. The Labute approximate surface area is 147 Å². The molecular formula is C20H21FNOSe+. The van der Waals surface area contributed by atoms with E-state index in [9.17, 15) is 4.39 Å². The molecule has 2 aromatic rings. The summed E-state index contributed by atoms with van der Waals surface area (Å²) >= 11 is -0.496. The minimum absolute atomic E-state index is 0.235. The van der Waals surface area contributed by atoms with E-state index >= 15 is 0 Å². The van der Waals surface area contributed by atoms with Gasteiger partial charge in [0.1, 0.15) is 0 Å². The van der Waals surface area contributed by atoms with E-state index in [0.717, 1.165) is 29.5 Å². The number of rotatable bonds is 5. The SMILES string of the molecule is C[Se+](C)CCC[C@@]1(c2ccc(F)cc2)OCc2cc(C#N)ccc21. The molecule has 0 amide bonds. The molecule has 2 nitrogen and oxygen atoms in total. The Morgan fingerprint density at radius 1 is 1.21 bits per heavy atom. The molecule has 0 aliphatic carbocycles. The van der Waals surface area contributed by atoms with Crippen molar-refractivity contribution in [3.8, 4) is 6.07 Å². The van der Waals surface area contributed by atoms with Crippen LogP contribution in [0, 0.1) is 17.1 Å². The third kappa shape index (κ3) is 3.26. The molecule has 1 aliphatic heterocycles. The molecule has 0 fully saturated rings. The van der Waals surface area contributed by atoms with Gasteiger partial charge in [-0.3, -0.25) is 0 Å². The first-order chi connectivity index (χ1) is 11.5. The van der Waals surface area contributed by atoms with Crippen LogP contribution in [-0.4, -0.2) is 13.9 Å². The molecule has 0 radical (unpaired) electrons. The van der Waals surface area contributed by atoms with Gasteiger partial charge in [0.15, 0.2) is 0 Å². The molecule has 0 saturated carbocycles. The van der Waals surface area contributed by atoms with Crippen molar-refractivity contribution in [1.29, 1.82) is 5.26 Å². The van der Waals surface area contributed by atoms with Gasteiger partial charge >= 0.3 is 147 Å². The van der Waals surface area contributed by atoms with Gasteiger partial charge in [0.05, 0.1) is 0 Å². The summed E-state index contributed by atoms with van der Waals surface area (Å²) < 4.78 is 19.7. The van der Waals surface area contributed by atoms with Crippen LogP contribution in [0.5, 0.6) is 0 Å². The minimum atomic E-state index is -0.516. The second kappa shape index (κ2) is 7.07. The van der Waals surface area contributed by atoms with E-state index in [0.29, 0.717) is 12.2 Å². The van der Waals surface area contributed by atoms with Gasteiger partial charge in [-0.2, -0.15) is 0 Å². The van der Waals surface area contributed by atoms with Gasteiger partial charge in [-0.25, -0.2) is 0 Å². The molecule has 0 aromatic heterocycles. The van der Waals surface area contributed by atoms with E-state index in [1.54, 1.807) is 0 Å². The van der Waals surface area contributed by atoms with Gasteiger partial charge in [0.2, 0.25) is 0 Å². The van der Waals surface area contributed by atoms with Crippen molar-refractivity contribution in [2.75, 3.05) is 0 Å². The number of nitrogens with zero attached hydrogens (tertiary/aromatic N) is 1. The monoisotopic (exact) mass is 390 g/mol. The van der Waals surface area contributed by atoms with Crippen molar-refractivity contribution < 1.29 is 9.13 Å². The van der Waals surface area contributed by atoms with Gasteiger partial charge in [-0.15, -0.1) is 0 Å². The van der Waals surface area contributed by atoms with E-state index in [1.807, 2.05) is 30.3 Å². The molecular weight excluding hydrogens is 368 g/mol. The number of benzene rings is 2. The van der Waals surface area contributed by atoms with E-state index in [1.165, 1.54) is 17.5 Å². The average molecular weight is 389 g/mol. The standard InChI is InChI=1S/C20H21FNOSe/c1-24(2)11-3-10-20(17-5-7-18(21)8-6-17)19-9-4-15(13-22)12-16(19)14-23-20/h4-9,12H,3,10-11,14H2,1-2H3/q+1/t20-/m0/s1. The fraction of sp³-hybridized carbons (Fsp3) is 0.350. The van der Waals surface area contributed by atoms with Crippen molar-refractivity contribution in [2.45, 2.75) is 42.0 Å². The first-order valence-corrected chi connectivity index (χ1v) is 12.7. The topological polar surface area (TPSA) is 33.0 Å². The van der Waals surface area contributed by atoms with Gasteiger partial charge in [0, 0.05) is 0 Å². The van der Waals surface area contributed by atoms with Crippen LogP contribution >= 0.6 is 0 Å². The first-order valence-electron chi connectivity index (χ1n) is 8.03. The number of nitriles is 1. The molecule has 1 atom stereocenters. The molecule has 1 heterocycles. The maximum atomic E-state index is 13.4. The maximum absolute atomic E-state index is 13.4. The molecule has 0 bridgehead atoms. The van der Waals surface area contributed by atoms with Crippen molar-refractivity contribution in [3.05, 3.63) is 70.5 Å². The Morgan fingerprint density at radius 2 is 1.96 bits per heavy atom. The van der Waals surface area contributed by atoms with Crippen LogP contribution in [0.15, 0.2) is 42.5 Å². The fourth-order valence-corrected chi connectivity index (χ4v) is 4.89. The Balaban J connectivity index is 2.02. The van der Waals surface area contributed by atoms with E-state index in [2.05, 4.69) is 17.7 Å². The van der Waals surface area contributed by atoms with Crippen molar-refractivity contribution in [2.24, 2.45) is 0 Å². The average Bonchev–Trinajstić information content (AvgIpc) is 2.94. The zero-order valence-corrected chi connectivity index (χ0v) is 15.7. The Kier molecular flexibility index (Phi) is 5.06. The predicted octanol–water partition coefficient (Wildman–Crippen LogP) is 5.01. The van der Waals surface area contributed by atoms with Crippen LogP contribution < -0.4 is 0 Å². The van der Waals surface area contributed by atoms with Gasteiger partial charge in [-0.05, 0) is 0 Å². The third-order valence-electron chi connectivity index (χ3n) is 4.54. The van der Waals surface area contributed by atoms with E-state index < -0.39 is 19.5 Å². The molecule has 1 aliphatic rings. The van der Waals surface area contributed by atoms with Crippen LogP contribution in [-0.2, 0) is 16.9 Å². The van der Waals surface area contributed by atoms with Gasteiger partial charge in [0.25, 0.3) is 0 Å². The van der Waals surface area contributed by atoms with Crippen LogP contribution in [0.3, 0.4) is 0 Å². The number of ether oxygens (including phenoxy) is 1. The molecule has 0 spiro atoms. The van der Waals surface area contributed by atoms with Crippen LogP contribution in [0.2, 0.25) is 17.0 Å². The van der Waals surface area contributed by atoms with Gasteiger partial charge < -0.3 is 0 Å². The summed E-state index contributed by atoms with van der Waals surface area (Å²) in [4.78, 5) is 0. The summed E-state index contributed by atoms with van der Waals surface area (Å²) in [6.45, 7) is 0.500. The zero-order chi connectivity index (χ0) is 17.2. The quantitative estimate of drug-likeness (QED) is 0.674. The Morgan fingerprint density at radius 3 is 2.62 bits per heavy atom. The fourth-order valence-electron chi connectivity index (χ4n) is 3.37. The van der Waals surface area contributed by atoms with E-state index in [-0.39, 0.29) is 5.82 Å². The summed E-state index contributed by atoms with van der Waals surface area (Å²) in [5.74, 6) is 4.45. The summed E-state index contributed by atoms with van der Waals surface area (Å²) in [6.07, 6.45) is 1.98. The van der Waals surface area contributed by atoms with Gasteiger partial charge in [-0.1, -0.05) is 0 Å². The summed E-state index contributed by atoms with van der Waals surface area (Å²) in [7, 11) is 0. The van der Waals surface area contributed by atoms with Crippen molar-refractivity contribution in [3.63, 3.8) is 0 Å². The summed E-state index contributed by atoms with van der Waals surface area (Å²) in [5.41, 5.74) is 3.32. The molecule has 124 valence electrons. The van der Waals surface area contributed by atoms with Crippen molar-refractivity contribution >= 4 is 13.9 Å².